The van der Waals surface area contributed by atoms with Crippen LogP contribution in [0.15, 0.2) is 35.7 Å². The van der Waals surface area contributed by atoms with E-state index in [1.807, 2.05) is 40.6 Å². The van der Waals surface area contributed by atoms with Gasteiger partial charge in [0.1, 0.15) is 11.5 Å². The fraction of sp³-hybridized carbons (Fsp3) is 0.389. The standard InChI is InChI=1S/C18H22N2O3S/c1-22-13-7-8-15(17(11-13)23-2)16-6-3-9-20(16)18(21)19-12-14-5-4-10-24-14/h4-5,7-8,10-11,16H,3,6,9,12H2,1-2H3,(H,19,21)/t16-/m1/s1. The van der Waals surface area contributed by atoms with Crippen molar-refractivity contribution in [1.29, 1.82) is 0 Å². The molecule has 1 saturated heterocycles. The van der Waals surface area contributed by atoms with Gasteiger partial charge in [0.2, 0.25) is 0 Å². The number of ether oxygens (including phenoxy) is 2. The van der Waals surface area contributed by atoms with Crippen LogP contribution < -0.4 is 14.8 Å². The van der Waals surface area contributed by atoms with E-state index in [1.165, 1.54) is 0 Å². The van der Waals surface area contributed by atoms with Gasteiger partial charge >= 0.3 is 6.03 Å². The minimum Gasteiger partial charge on any atom is -0.497 e. The van der Waals surface area contributed by atoms with Gasteiger partial charge in [-0.25, -0.2) is 4.79 Å². The van der Waals surface area contributed by atoms with Gasteiger partial charge in [0.05, 0.1) is 26.8 Å². The summed E-state index contributed by atoms with van der Waals surface area (Å²) < 4.78 is 10.8. The number of likely N-dealkylation sites (tertiary alicyclic amines) is 1. The molecule has 0 saturated carbocycles. The zero-order valence-electron chi connectivity index (χ0n) is 14.0. The molecule has 1 atom stereocenters. The number of amides is 2. The van der Waals surface area contributed by atoms with Crippen LogP contribution in [0.4, 0.5) is 4.79 Å². The minimum absolute atomic E-state index is 0.0243. The molecule has 3 rings (SSSR count). The number of thiophene rings is 1. The van der Waals surface area contributed by atoms with Crippen LogP contribution >= 0.6 is 11.3 Å². The van der Waals surface area contributed by atoms with E-state index in [4.69, 9.17) is 9.47 Å². The van der Waals surface area contributed by atoms with E-state index in [1.54, 1.807) is 25.6 Å². The molecule has 1 N–H and O–H groups in total. The lowest BCUT2D eigenvalue weighted by Crippen LogP contribution is -2.39. The Morgan fingerprint density at radius 3 is 2.92 bits per heavy atom. The van der Waals surface area contributed by atoms with Gasteiger partial charge in [-0.05, 0) is 36.4 Å². The summed E-state index contributed by atoms with van der Waals surface area (Å²) in [7, 11) is 3.28. The SMILES string of the molecule is COc1ccc([C@H]2CCCN2C(=O)NCc2cccs2)c(OC)c1. The summed E-state index contributed by atoms with van der Waals surface area (Å²) in [6, 6.07) is 9.81. The quantitative estimate of drug-likeness (QED) is 0.895. The monoisotopic (exact) mass is 346 g/mol. The van der Waals surface area contributed by atoms with E-state index in [-0.39, 0.29) is 12.1 Å². The summed E-state index contributed by atoms with van der Waals surface area (Å²) in [5.74, 6) is 1.51. The van der Waals surface area contributed by atoms with Crippen LogP contribution in [-0.4, -0.2) is 31.7 Å². The Bertz CT molecular complexity index is 688. The van der Waals surface area contributed by atoms with Crippen LogP contribution in [0.3, 0.4) is 0 Å². The smallest absolute Gasteiger partial charge is 0.318 e. The molecular weight excluding hydrogens is 324 g/mol. The predicted molar refractivity (Wildman–Crippen MR) is 94.8 cm³/mol. The number of carbonyl (C=O) groups excluding carboxylic acids is 1. The van der Waals surface area contributed by atoms with E-state index < -0.39 is 0 Å². The highest BCUT2D eigenvalue weighted by molar-refractivity contribution is 7.09. The molecule has 1 aliphatic rings. The fourth-order valence-electron chi connectivity index (χ4n) is 3.10. The lowest BCUT2D eigenvalue weighted by atomic mass is 10.0. The lowest BCUT2D eigenvalue weighted by molar-refractivity contribution is 0.191. The third-order valence-electron chi connectivity index (χ3n) is 4.31. The molecule has 1 aromatic carbocycles. The molecule has 0 radical (unpaired) electrons. The third kappa shape index (κ3) is 3.48. The van der Waals surface area contributed by atoms with E-state index in [9.17, 15) is 4.79 Å². The van der Waals surface area contributed by atoms with Crippen LogP contribution in [0.1, 0.15) is 29.3 Å². The van der Waals surface area contributed by atoms with Crippen molar-refractivity contribution in [3.05, 3.63) is 46.2 Å². The van der Waals surface area contributed by atoms with Crippen molar-refractivity contribution in [2.75, 3.05) is 20.8 Å². The molecule has 0 spiro atoms. The fourth-order valence-corrected chi connectivity index (χ4v) is 3.75. The maximum Gasteiger partial charge on any atom is 0.318 e. The van der Waals surface area contributed by atoms with Crippen LogP contribution in [-0.2, 0) is 6.54 Å². The van der Waals surface area contributed by atoms with Crippen molar-refractivity contribution in [3.63, 3.8) is 0 Å². The van der Waals surface area contributed by atoms with Gasteiger partial charge in [-0.15, -0.1) is 11.3 Å². The van der Waals surface area contributed by atoms with Gasteiger partial charge in [0.25, 0.3) is 0 Å². The molecule has 128 valence electrons. The first-order valence-corrected chi connectivity index (χ1v) is 8.89. The lowest BCUT2D eigenvalue weighted by Gasteiger charge is -2.26. The summed E-state index contributed by atoms with van der Waals surface area (Å²) in [6.07, 6.45) is 1.93. The van der Waals surface area contributed by atoms with Gasteiger partial charge in [0.15, 0.2) is 0 Å². The van der Waals surface area contributed by atoms with Crippen molar-refractivity contribution in [1.82, 2.24) is 10.2 Å². The number of hydrogen-bond acceptors (Lipinski definition) is 4. The van der Waals surface area contributed by atoms with Gasteiger partial charge < -0.3 is 19.7 Å². The Morgan fingerprint density at radius 2 is 2.21 bits per heavy atom. The highest BCUT2D eigenvalue weighted by Gasteiger charge is 2.31. The normalized spacial score (nSPS) is 16.9. The first-order valence-electron chi connectivity index (χ1n) is 8.01. The number of benzene rings is 1. The number of hydrogen-bond donors (Lipinski definition) is 1. The minimum atomic E-state index is -0.0243. The van der Waals surface area contributed by atoms with E-state index >= 15 is 0 Å². The van der Waals surface area contributed by atoms with Crippen molar-refractivity contribution in [3.8, 4) is 11.5 Å². The number of carbonyl (C=O) groups is 1. The van der Waals surface area contributed by atoms with Crippen LogP contribution in [0.5, 0.6) is 11.5 Å². The highest BCUT2D eigenvalue weighted by atomic mass is 32.1. The van der Waals surface area contributed by atoms with Crippen molar-refractivity contribution >= 4 is 17.4 Å². The average Bonchev–Trinajstić information content (AvgIpc) is 3.30. The number of nitrogens with one attached hydrogen (secondary N) is 1. The average molecular weight is 346 g/mol. The number of rotatable bonds is 5. The van der Waals surface area contributed by atoms with Crippen LogP contribution in [0, 0.1) is 0 Å². The highest BCUT2D eigenvalue weighted by Crippen LogP contribution is 2.38. The molecule has 0 unspecified atom stereocenters. The summed E-state index contributed by atoms with van der Waals surface area (Å²) in [5, 5.41) is 5.03. The first kappa shape index (κ1) is 16.6. The topological polar surface area (TPSA) is 50.8 Å². The Balaban J connectivity index is 1.74. The summed E-state index contributed by atoms with van der Waals surface area (Å²) in [6.45, 7) is 1.33. The third-order valence-corrected chi connectivity index (χ3v) is 5.18. The Labute approximate surface area is 146 Å². The van der Waals surface area contributed by atoms with E-state index in [2.05, 4.69) is 5.32 Å². The second kappa shape index (κ2) is 7.57. The van der Waals surface area contributed by atoms with Crippen molar-refractivity contribution in [2.24, 2.45) is 0 Å². The predicted octanol–water partition coefficient (Wildman–Crippen LogP) is 3.81. The molecule has 6 heteroatoms. The summed E-state index contributed by atoms with van der Waals surface area (Å²) in [4.78, 5) is 15.7. The Kier molecular flexibility index (Phi) is 5.25. The molecule has 1 fully saturated rings. The summed E-state index contributed by atoms with van der Waals surface area (Å²) >= 11 is 1.65. The molecular formula is C18H22N2O3S. The largest absolute Gasteiger partial charge is 0.497 e. The molecule has 24 heavy (non-hydrogen) atoms. The number of nitrogens with zero attached hydrogens (tertiary/aromatic N) is 1. The number of methoxy groups -OCH3 is 2. The van der Waals surface area contributed by atoms with E-state index in [0.29, 0.717) is 6.54 Å². The molecule has 1 aromatic heterocycles. The van der Waals surface area contributed by atoms with Crippen LogP contribution in [0.2, 0.25) is 0 Å². The second-order valence-corrected chi connectivity index (χ2v) is 6.73. The molecule has 0 bridgehead atoms. The summed E-state index contributed by atoms with van der Waals surface area (Å²) in [5.41, 5.74) is 1.03. The van der Waals surface area contributed by atoms with E-state index in [0.717, 1.165) is 41.3 Å². The Morgan fingerprint density at radius 1 is 1.33 bits per heavy atom. The second-order valence-electron chi connectivity index (χ2n) is 5.70. The Hall–Kier alpha value is -2.21. The molecule has 1 aliphatic heterocycles. The van der Waals surface area contributed by atoms with Crippen molar-refractivity contribution < 1.29 is 14.3 Å². The first-order chi connectivity index (χ1) is 11.7. The van der Waals surface area contributed by atoms with Gasteiger partial charge in [0, 0.05) is 23.1 Å². The molecule has 5 nitrogen and oxygen atoms in total. The van der Waals surface area contributed by atoms with Gasteiger partial charge in [-0.3, -0.25) is 0 Å². The van der Waals surface area contributed by atoms with Gasteiger partial charge in [-0.1, -0.05) is 6.07 Å². The molecule has 2 amide bonds. The zero-order chi connectivity index (χ0) is 16.9. The van der Waals surface area contributed by atoms with Crippen LogP contribution in [0.25, 0.3) is 0 Å². The number of urea groups is 1. The molecule has 2 heterocycles. The molecule has 2 aromatic rings. The van der Waals surface area contributed by atoms with Gasteiger partial charge in [-0.2, -0.15) is 0 Å². The van der Waals surface area contributed by atoms with Crippen molar-refractivity contribution in [2.45, 2.75) is 25.4 Å². The maximum absolute atomic E-state index is 12.6. The molecule has 0 aliphatic carbocycles. The zero-order valence-corrected chi connectivity index (χ0v) is 14.8. The maximum atomic E-state index is 12.6.